The Labute approximate surface area is 159 Å². The fourth-order valence-corrected chi connectivity index (χ4v) is 4.37. The van der Waals surface area contributed by atoms with Gasteiger partial charge in [-0.05, 0) is 31.4 Å². The number of aryl methyl sites for hydroxylation is 1. The Bertz CT molecular complexity index is 1170. The minimum Gasteiger partial charge on any atom is -0.492 e. The number of hydrogen-bond donors (Lipinski definition) is 1. The summed E-state index contributed by atoms with van der Waals surface area (Å²) in [6, 6.07) is 5.39. The van der Waals surface area contributed by atoms with Crippen LogP contribution in [0.25, 0.3) is 33.2 Å². The fraction of sp³-hybridized carbons (Fsp3) is 0.250. The molecule has 0 aliphatic carbocycles. The Hall–Kier alpha value is -2.93. The molecule has 0 unspecified atom stereocenters. The number of H-pyrrole nitrogens is 1. The number of hydrogen-bond acceptors (Lipinski definition) is 5. The first-order chi connectivity index (χ1) is 13.1. The van der Waals surface area contributed by atoms with Crippen LogP contribution in [0.5, 0.6) is 0 Å². The van der Waals surface area contributed by atoms with E-state index in [-0.39, 0.29) is 16.8 Å². The van der Waals surface area contributed by atoms with E-state index < -0.39 is 0 Å². The predicted octanol–water partition coefficient (Wildman–Crippen LogP) is 3.63. The fourth-order valence-electron chi connectivity index (χ4n) is 3.23. The first kappa shape index (κ1) is 17.5. The molecule has 1 aromatic carbocycles. The van der Waals surface area contributed by atoms with Crippen LogP contribution in [0.1, 0.15) is 30.7 Å². The summed E-state index contributed by atoms with van der Waals surface area (Å²) in [5.74, 6) is 0.400. The smallest absolute Gasteiger partial charge is 0.275 e. The third kappa shape index (κ3) is 3.04. The molecule has 0 amide bonds. The molecule has 6 nitrogen and oxygen atoms in total. The number of nitrogens with zero attached hydrogens (tertiary/aromatic N) is 2. The monoisotopic (exact) mass is 381 g/mol. The van der Waals surface area contributed by atoms with Gasteiger partial charge < -0.3 is 9.72 Å². The number of benzene rings is 1. The molecule has 1 aliphatic heterocycles. The van der Waals surface area contributed by atoms with E-state index in [1.165, 1.54) is 17.6 Å². The van der Waals surface area contributed by atoms with Crippen LogP contribution in [0.15, 0.2) is 40.9 Å². The quantitative estimate of drug-likeness (QED) is 0.698. The molecule has 7 heteroatoms. The molecule has 0 radical (unpaired) electrons. The van der Waals surface area contributed by atoms with Crippen molar-refractivity contribution in [1.82, 2.24) is 13.9 Å². The zero-order valence-electron chi connectivity index (χ0n) is 14.8. The average Bonchev–Trinajstić information content (AvgIpc) is 2.99. The highest BCUT2D eigenvalue weighted by Crippen LogP contribution is 2.29. The maximum absolute atomic E-state index is 12.7. The molecule has 0 fully saturated rings. The molecule has 4 rings (SSSR count). The highest BCUT2D eigenvalue weighted by molar-refractivity contribution is 7.14. The molecule has 0 spiro atoms. The van der Waals surface area contributed by atoms with Gasteiger partial charge in [0.25, 0.3) is 11.1 Å². The van der Waals surface area contributed by atoms with Gasteiger partial charge in [-0.2, -0.15) is 0 Å². The molecular weight excluding hydrogens is 362 g/mol. The Morgan fingerprint density at radius 2 is 2.07 bits per heavy atom. The van der Waals surface area contributed by atoms with E-state index in [0.29, 0.717) is 41.2 Å². The van der Waals surface area contributed by atoms with Gasteiger partial charge in [0, 0.05) is 12.1 Å². The van der Waals surface area contributed by atoms with E-state index in [4.69, 9.17) is 4.74 Å². The van der Waals surface area contributed by atoms with Gasteiger partial charge in [-0.1, -0.05) is 36.8 Å². The summed E-state index contributed by atoms with van der Waals surface area (Å²) in [6.07, 6.45) is 4.21. The Morgan fingerprint density at radius 1 is 1.22 bits per heavy atom. The van der Waals surface area contributed by atoms with E-state index in [1.807, 2.05) is 6.07 Å². The lowest BCUT2D eigenvalue weighted by Gasteiger charge is -2.13. The molecule has 2 aromatic heterocycles. The molecule has 0 saturated heterocycles. The van der Waals surface area contributed by atoms with Crippen LogP contribution in [0.4, 0.5) is 0 Å². The van der Waals surface area contributed by atoms with E-state index in [1.54, 1.807) is 16.1 Å². The van der Waals surface area contributed by atoms with E-state index in [0.717, 1.165) is 24.0 Å². The summed E-state index contributed by atoms with van der Waals surface area (Å²) in [4.78, 5) is 32.8. The average molecular weight is 381 g/mol. The van der Waals surface area contributed by atoms with Crippen LogP contribution in [-0.2, 0) is 11.3 Å². The van der Waals surface area contributed by atoms with Crippen molar-refractivity contribution in [1.29, 1.82) is 0 Å². The predicted molar refractivity (Wildman–Crippen MR) is 109 cm³/mol. The zero-order valence-corrected chi connectivity index (χ0v) is 15.6. The summed E-state index contributed by atoms with van der Waals surface area (Å²) in [6.45, 7) is 8.87. The van der Waals surface area contributed by atoms with Gasteiger partial charge in [-0.25, -0.2) is 4.98 Å². The molecule has 138 valence electrons. The van der Waals surface area contributed by atoms with Crippen molar-refractivity contribution in [3.8, 4) is 11.3 Å². The lowest BCUT2D eigenvalue weighted by atomic mass is 10.1. The van der Waals surface area contributed by atoms with E-state index in [2.05, 4.69) is 23.1 Å². The van der Waals surface area contributed by atoms with Gasteiger partial charge in [0.15, 0.2) is 0 Å². The standard InChI is InChI=1S/C20H19N3O3S/c1-3-15-16-12(2)26-11-6-4-5-10-23-20(25)14-9-7-8-13(18(14)27-23)17(22-16)19(24)21-15/h3,7-9H,1-2,4-6,10-11H2,(H,21,24). The van der Waals surface area contributed by atoms with Crippen molar-refractivity contribution in [2.75, 3.05) is 6.61 Å². The largest absolute Gasteiger partial charge is 0.492 e. The Morgan fingerprint density at radius 3 is 2.89 bits per heavy atom. The minimum atomic E-state index is -0.339. The van der Waals surface area contributed by atoms with Crippen molar-refractivity contribution in [2.24, 2.45) is 0 Å². The number of ether oxygens (including phenoxy) is 1. The minimum absolute atomic E-state index is 0.0215. The van der Waals surface area contributed by atoms with E-state index in [9.17, 15) is 9.59 Å². The first-order valence-corrected chi connectivity index (χ1v) is 9.59. The van der Waals surface area contributed by atoms with Gasteiger partial charge >= 0.3 is 0 Å². The highest BCUT2D eigenvalue weighted by atomic mass is 32.1. The highest BCUT2D eigenvalue weighted by Gasteiger charge is 2.19. The Balaban J connectivity index is 2.03. The van der Waals surface area contributed by atoms with Crippen molar-refractivity contribution in [3.05, 3.63) is 63.5 Å². The third-order valence-electron chi connectivity index (χ3n) is 4.62. The second-order valence-electron chi connectivity index (χ2n) is 6.39. The molecule has 0 atom stereocenters. The number of aromatic amines is 1. The number of fused-ring (bicyclic) bond motifs is 4. The number of nitrogens with one attached hydrogen (secondary N) is 1. The third-order valence-corrected chi connectivity index (χ3v) is 5.81. The maximum Gasteiger partial charge on any atom is 0.275 e. The Kier molecular flexibility index (Phi) is 4.53. The van der Waals surface area contributed by atoms with Gasteiger partial charge in [-0.15, -0.1) is 0 Å². The van der Waals surface area contributed by atoms with Crippen LogP contribution >= 0.6 is 11.5 Å². The van der Waals surface area contributed by atoms with Crippen LogP contribution in [0.3, 0.4) is 0 Å². The summed E-state index contributed by atoms with van der Waals surface area (Å²) >= 11 is 1.38. The SMILES string of the molecule is C=Cc1[nH]c(=O)c2nc1C(=C)OCCCCCn1sc3c-2cccc3c1=O. The number of rotatable bonds is 1. The molecule has 0 saturated carbocycles. The van der Waals surface area contributed by atoms with Crippen molar-refractivity contribution < 1.29 is 4.74 Å². The summed E-state index contributed by atoms with van der Waals surface area (Å²) in [5.41, 5.74) is 1.45. The normalized spacial score (nSPS) is 14.7. The van der Waals surface area contributed by atoms with Gasteiger partial charge in [0.1, 0.15) is 17.1 Å². The second kappa shape index (κ2) is 7.00. The lowest BCUT2D eigenvalue weighted by molar-refractivity contribution is 0.265. The van der Waals surface area contributed by atoms with Crippen LogP contribution in [0, 0.1) is 0 Å². The van der Waals surface area contributed by atoms with Gasteiger partial charge in [0.2, 0.25) is 0 Å². The molecule has 27 heavy (non-hydrogen) atoms. The van der Waals surface area contributed by atoms with Crippen molar-refractivity contribution in [3.63, 3.8) is 0 Å². The summed E-state index contributed by atoms with van der Waals surface area (Å²) in [5, 5.41) is 0.609. The molecule has 4 bridgehead atoms. The topological polar surface area (TPSA) is 77.0 Å². The molecule has 3 heterocycles. The molecule has 1 aliphatic rings. The lowest BCUT2D eigenvalue weighted by Crippen LogP contribution is -2.16. The van der Waals surface area contributed by atoms with Crippen molar-refractivity contribution >= 4 is 33.5 Å². The van der Waals surface area contributed by atoms with E-state index >= 15 is 0 Å². The summed E-state index contributed by atoms with van der Waals surface area (Å²) in [7, 11) is 0. The zero-order chi connectivity index (χ0) is 19.0. The van der Waals surface area contributed by atoms with Crippen LogP contribution < -0.4 is 11.1 Å². The molecular formula is C20H19N3O3S. The maximum atomic E-state index is 12.7. The van der Waals surface area contributed by atoms with Gasteiger partial charge in [-0.3, -0.25) is 13.5 Å². The number of aromatic nitrogens is 3. The van der Waals surface area contributed by atoms with Gasteiger partial charge in [0.05, 0.1) is 22.4 Å². The molecule has 3 aromatic rings. The second-order valence-corrected chi connectivity index (χ2v) is 7.43. The van der Waals surface area contributed by atoms with Crippen LogP contribution in [0.2, 0.25) is 0 Å². The summed E-state index contributed by atoms with van der Waals surface area (Å²) < 4.78 is 8.27. The first-order valence-electron chi connectivity index (χ1n) is 8.82. The van der Waals surface area contributed by atoms with Crippen molar-refractivity contribution in [2.45, 2.75) is 25.8 Å². The molecule has 1 N–H and O–H groups in total. The van der Waals surface area contributed by atoms with Crippen LogP contribution in [-0.4, -0.2) is 20.5 Å².